The minimum absolute atomic E-state index is 0.109. The summed E-state index contributed by atoms with van der Waals surface area (Å²) in [5, 5.41) is 3.95. The molecular formula is C11H16N2O2S. The van der Waals surface area contributed by atoms with Crippen molar-refractivity contribution in [3.8, 4) is 0 Å². The molecule has 1 unspecified atom stereocenters. The van der Waals surface area contributed by atoms with Crippen LogP contribution in [-0.2, 0) is 11.2 Å². The number of anilines is 1. The van der Waals surface area contributed by atoms with Crippen LogP contribution in [0.1, 0.15) is 25.5 Å². The van der Waals surface area contributed by atoms with Crippen LogP contribution in [-0.4, -0.2) is 23.4 Å². The Balaban J connectivity index is 2.09. The SMILES string of the molecule is CCCc1cc(N2CC(CS)CC2=O)on1. The van der Waals surface area contributed by atoms with E-state index in [2.05, 4.69) is 24.7 Å². The van der Waals surface area contributed by atoms with Crippen molar-refractivity contribution >= 4 is 24.4 Å². The van der Waals surface area contributed by atoms with E-state index in [0.29, 0.717) is 24.8 Å². The van der Waals surface area contributed by atoms with E-state index in [1.807, 2.05) is 6.07 Å². The summed E-state index contributed by atoms with van der Waals surface area (Å²) >= 11 is 4.22. The summed E-state index contributed by atoms with van der Waals surface area (Å²) < 4.78 is 5.19. The third-order valence-electron chi connectivity index (χ3n) is 2.78. The first-order valence-electron chi connectivity index (χ1n) is 5.61. The van der Waals surface area contributed by atoms with E-state index in [1.165, 1.54) is 0 Å². The van der Waals surface area contributed by atoms with Gasteiger partial charge in [0.15, 0.2) is 0 Å². The highest BCUT2D eigenvalue weighted by atomic mass is 32.1. The molecule has 1 aliphatic heterocycles. The van der Waals surface area contributed by atoms with Crippen LogP contribution >= 0.6 is 12.6 Å². The third kappa shape index (κ3) is 2.24. The van der Waals surface area contributed by atoms with Crippen LogP contribution in [0.5, 0.6) is 0 Å². The fraction of sp³-hybridized carbons (Fsp3) is 0.636. The van der Waals surface area contributed by atoms with Gasteiger partial charge in [0.25, 0.3) is 0 Å². The van der Waals surface area contributed by atoms with E-state index in [-0.39, 0.29) is 5.91 Å². The van der Waals surface area contributed by atoms with Crippen molar-refractivity contribution in [2.75, 3.05) is 17.2 Å². The average molecular weight is 240 g/mol. The summed E-state index contributed by atoms with van der Waals surface area (Å²) in [6.45, 7) is 2.79. The Labute approximate surface area is 100 Å². The lowest BCUT2D eigenvalue weighted by Gasteiger charge is -2.10. The molecular weight excluding hydrogens is 224 g/mol. The molecule has 1 aliphatic rings. The zero-order chi connectivity index (χ0) is 11.5. The number of nitrogens with zero attached hydrogens (tertiary/aromatic N) is 2. The maximum atomic E-state index is 11.7. The van der Waals surface area contributed by atoms with Gasteiger partial charge in [-0.1, -0.05) is 18.5 Å². The Kier molecular flexibility index (Phi) is 3.53. The van der Waals surface area contributed by atoms with Gasteiger partial charge in [0.05, 0.1) is 5.69 Å². The molecule has 1 saturated heterocycles. The lowest BCUT2D eigenvalue weighted by Crippen LogP contribution is -2.24. The van der Waals surface area contributed by atoms with Crippen LogP contribution in [0, 0.1) is 5.92 Å². The number of rotatable bonds is 4. The van der Waals surface area contributed by atoms with Crippen molar-refractivity contribution in [1.82, 2.24) is 5.16 Å². The maximum absolute atomic E-state index is 11.7. The van der Waals surface area contributed by atoms with Gasteiger partial charge in [0, 0.05) is 19.0 Å². The van der Waals surface area contributed by atoms with Gasteiger partial charge >= 0.3 is 0 Å². The second-order valence-electron chi connectivity index (χ2n) is 4.16. The fourth-order valence-electron chi connectivity index (χ4n) is 1.92. The lowest BCUT2D eigenvalue weighted by molar-refractivity contribution is -0.117. The van der Waals surface area contributed by atoms with Crippen molar-refractivity contribution in [3.05, 3.63) is 11.8 Å². The predicted molar refractivity (Wildman–Crippen MR) is 64.8 cm³/mol. The number of hydrogen-bond acceptors (Lipinski definition) is 4. The van der Waals surface area contributed by atoms with Gasteiger partial charge in [-0.05, 0) is 18.1 Å². The van der Waals surface area contributed by atoms with Gasteiger partial charge in [-0.25, -0.2) is 0 Å². The molecule has 4 nitrogen and oxygen atoms in total. The highest BCUT2D eigenvalue weighted by Gasteiger charge is 2.31. The molecule has 16 heavy (non-hydrogen) atoms. The Morgan fingerprint density at radius 3 is 3.12 bits per heavy atom. The quantitative estimate of drug-likeness (QED) is 0.818. The smallest absolute Gasteiger partial charge is 0.234 e. The van der Waals surface area contributed by atoms with Gasteiger partial charge in [0.1, 0.15) is 0 Å². The fourth-order valence-corrected chi connectivity index (χ4v) is 2.16. The molecule has 5 heteroatoms. The van der Waals surface area contributed by atoms with Gasteiger partial charge in [-0.3, -0.25) is 9.69 Å². The van der Waals surface area contributed by atoms with E-state index < -0.39 is 0 Å². The number of thiol groups is 1. The van der Waals surface area contributed by atoms with Crippen LogP contribution < -0.4 is 4.90 Å². The minimum Gasteiger partial charge on any atom is -0.338 e. The number of carbonyl (C=O) groups excluding carboxylic acids is 1. The summed E-state index contributed by atoms with van der Waals surface area (Å²) in [5.74, 6) is 1.75. The van der Waals surface area contributed by atoms with Crippen LogP contribution in [0.3, 0.4) is 0 Å². The van der Waals surface area contributed by atoms with Crippen molar-refractivity contribution in [3.63, 3.8) is 0 Å². The third-order valence-corrected chi connectivity index (χ3v) is 3.30. The molecule has 0 radical (unpaired) electrons. The molecule has 2 heterocycles. The first kappa shape index (κ1) is 11.5. The van der Waals surface area contributed by atoms with Crippen molar-refractivity contribution in [1.29, 1.82) is 0 Å². The summed E-state index contributed by atoms with van der Waals surface area (Å²) in [7, 11) is 0. The zero-order valence-electron chi connectivity index (χ0n) is 9.35. The van der Waals surface area contributed by atoms with Gasteiger partial charge < -0.3 is 4.52 Å². The highest BCUT2D eigenvalue weighted by molar-refractivity contribution is 7.80. The number of aryl methyl sites for hydroxylation is 1. The normalized spacial score (nSPS) is 20.8. The predicted octanol–water partition coefficient (Wildman–Crippen LogP) is 1.91. The molecule has 1 atom stereocenters. The second-order valence-corrected chi connectivity index (χ2v) is 4.53. The van der Waals surface area contributed by atoms with Crippen molar-refractivity contribution in [2.24, 2.45) is 5.92 Å². The molecule has 1 aromatic rings. The molecule has 1 fully saturated rings. The van der Waals surface area contributed by atoms with Gasteiger partial charge in [-0.2, -0.15) is 12.6 Å². The highest BCUT2D eigenvalue weighted by Crippen LogP contribution is 2.26. The van der Waals surface area contributed by atoms with Crippen LogP contribution in [0.15, 0.2) is 10.6 Å². The Morgan fingerprint density at radius 2 is 2.50 bits per heavy atom. The van der Waals surface area contributed by atoms with E-state index in [4.69, 9.17) is 4.52 Å². The van der Waals surface area contributed by atoms with E-state index >= 15 is 0 Å². The molecule has 0 N–H and O–H groups in total. The van der Waals surface area contributed by atoms with E-state index in [9.17, 15) is 4.79 Å². The first-order chi connectivity index (χ1) is 7.74. The minimum atomic E-state index is 0.109. The lowest BCUT2D eigenvalue weighted by atomic mass is 10.1. The number of aromatic nitrogens is 1. The summed E-state index contributed by atoms with van der Waals surface area (Å²) in [4.78, 5) is 13.4. The zero-order valence-corrected chi connectivity index (χ0v) is 10.2. The van der Waals surface area contributed by atoms with E-state index in [1.54, 1.807) is 4.90 Å². The molecule has 2 rings (SSSR count). The topological polar surface area (TPSA) is 46.3 Å². The molecule has 0 spiro atoms. The average Bonchev–Trinajstić information content (AvgIpc) is 2.85. The van der Waals surface area contributed by atoms with Crippen molar-refractivity contribution < 1.29 is 9.32 Å². The summed E-state index contributed by atoms with van der Waals surface area (Å²) in [5.41, 5.74) is 0.916. The molecule has 0 saturated carbocycles. The van der Waals surface area contributed by atoms with Gasteiger partial charge in [0.2, 0.25) is 11.8 Å². The number of hydrogen-bond donors (Lipinski definition) is 1. The molecule has 0 aromatic carbocycles. The van der Waals surface area contributed by atoms with E-state index in [0.717, 1.165) is 24.3 Å². The summed E-state index contributed by atoms with van der Waals surface area (Å²) in [6, 6.07) is 1.86. The van der Waals surface area contributed by atoms with Gasteiger partial charge in [-0.15, -0.1) is 0 Å². The standard InChI is InChI=1S/C11H16N2O2S/c1-2-3-9-5-11(15-12-9)13-6-8(7-16)4-10(13)14/h5,8,16H,2-4,6-7H2,1H3. The van der Waals surface area contributed by atoms with Crippen LogP contribution in [0.4, 0.5) is 5.88 Å². The molecule has 0 bridgehead atoms. The monoisotopic (exact) mass is 240 g/mol. The molecule has 88 valence electrons. The van der Waals surface area contributed by atoms with Crippen molar-refractivity contribution in [2.45, 2.75) is 26.2 Å². The molecule has 0 aliphatic carbocycles. The van der Waals surface area contributed by atoms with Crippen LogP contribution in [0.2, 0.25) is 0 Å². The second kappa shape index (κ2) is 4.91. The Bertz CT molecular complexity index is 378. The molecule has 1 aromatic heterocycles. The molecule has 1 amide bonds. The number of carbonyl (C=O) groups is 1. The van der Waals surface area contributed by atoms with Crippen LogP contribution in [0.25, 0.3) is 0 Å². The maximum Gasteiger partial charge on any atom is 0.234 e. The first-order valence-corrected chi connectivity index (χ1v) is 6.24. The number of amides is 1. The summed E-state index contributed by atoms with van der Waals surface area (Å²) in [6.07, 6.45) is 2.48. The largest absolute Gasteiger partial charge is 0.338 e. The Morgan fingerprint density at radius 1 is 1.69 bits per heavy atom. The Hall–Kier alpha value is -0.970.